The zero-order valence-corrected chi connectivity index (χ0v) is 18.2. The normalized spacial score (nSPS) is 23.3. The van der Waals surface area contributed by atoms with E-state index in [1.54, 1.807) is 4.90 Å². The highest BCUT2D eigenvalue weighted by Gasteiger charge is 2.42. The van der Waals surface area contributed by atoms with E-state index in [9.17, 15) is 14.4 Å². The third kappa shape index (κ3) is 4.90. The number of amides is 1. The van der Waals surface area contributed by atoms with Gasteiger partial charge >= 0.3 is 5.69 Å². The molecule has 0 bridgehead atoms. The van der Waals surface area contributed by atoms with Crippen molar-refractivity contribution in [3.63, 3.8) is 0 Å². The minimum atomic E-state index is -0.578. The Morgan fingerprint density at radius 3 is 2.65 bits per heavy atom. The van der Waals surface area contributed by atoms with Crippen LogP contribution < -0.4 is 16.0 Å². The van der Waals surface area contributed by atoms with Crippen LogP contribution in [0.2, 0.25) is 0 Å². The van der Waals surface area contributed by atoms with Crippen LogP contribution in [0.15, 0.2) is 46.1 Å². The van der Waals surface area contributed by atoms with Gasteiger partial charge in [0, 0.05) is 30.9 Å². The highest BCUT2D eigenvalue weighted by molar-refractivity contribution is 5.76. The van der Waals surface area contributed by atoms with Gasteiger partial charge in [-0.1, -0.05) is 18.2 Å². The number of aromatic amines is 1. The molecule has 4 rings (SSSR count). The van der Waals surface area contributed by atoms with Crippen molar-refractivity contribution in [1.82, 2.24) is 19.4 Å². The van der Waals surface area contributed by atoms with E-state index in [4.69, 9.17) is 4.74 Å². The standard InChI is InChI=1S/C23H30N4O4/c1-25(2)13-17-7-10-23(11-8-17)16-27(14-18-5-3-4-6-19(18)31-23)21(29)15-26-12-9-20(28)24-22(26)30/h3-6,9,12,17H,7-8,10-11,13-16H2,1-2H3,(H,24,28,30). The monoisotopic (exact) mass is 426 g/mol. The van der Waals surface area contributed by atoms with Crippen molar-refractivity contribution in [2.75, 3.05) is 27.2 Å². The number of benzene rings is 1. The van der Waals surface area contributed by atoms with Crippen LogP contribution in [0, 0.1) is 5.92 Å². The number of carbonyl (C=O) groups excluding carboxylic acids is 1. The number of H-pyrrole nitrogens is 1. The van der Waals surface area contributed by atoms with Gasteiger partial charge in [-0.05, 0) is 51.8 Å². The molecule has 1 spiro atoms. The lowest BCUT2D eigenvalue weighted by Gasteiger charge is -2.42. The summed E-state index contributed by atoms with van der Waals surface area (Å²) >= 11 is 0. The molecule has 2 aliphatic rings. The zero-order valence-electron chi connectivity index (χ0n) is 18.2. The van der Waals surface area contributed by atoms with Crippen LogP contribution in [-0.2, 0) is 17.9 Å². The van der Waals surface area contributed by atoms with Crippen LogP contribution >= 0.6 is 0 Å². The second kappa shape index (κ2) is 8.70. The summed E-state index contributed by atoms with van der Waals surface area (Å²) in [5.41, 5.74) is -0.497. The number of ether oxygens (including phenoxy) is 1. The third-order valence-corrected chi connectivity index (χ3v) is 6.33. The zero-order chi connectivity index (χ0) is 22.0. The molecule has 2 heterocycles. The first-order chi connectivity index (χ1) is 14.8. The smallest absolute Gasteiger partial charge is 0.328 e. The van der Waals surface area contributed by atoms with Crippen LogP contribution in [0.3, 0.4) is 0 Å². The number of nitrogens with one attached hydrogen (secondary N) is 1. The summed E-state index contributed by atoms with van der Waals surface area (Å²) < 4.78 is 7.82. The summed E-state index contributed by atoms with van der Waals surface area (Å²) in [7, 11) is 4.20. The van der Waals surface area contributed by atoms with Crippen LogP contribution in [0.5, 0.6) is 5.75 Å². The fourth-order valence-corrected chi connectivity index (χ4v) is 4.76. The van der Waals surface area contributed by atoms with Gasteiger partial charge in [0.05, 0.1) is 6.54 Å². The largest absolute Gasteiger partial charge is 0.485 e. The van der Waals surface area contributed by atoms with Crippen molar-refractivity contribution in [3.8, 4) is 5.75 Å². The van der Waals surface area contributed by atoms with E-state index in [1.807, 2.05) is 24.3 Å². The van der Waals surface area contributed by atoms with Crippen molar-refractivity contribution in [1.29, 1.82) is 0 Å². The highest BCUT2D eigenvalue weighted by atomic mass is 16.5. The van der Waals surface area contributed by atoms with Crippen molar-refractivity contribution < 1.29 is 9.53 Å². The molecule has 1 aliphatic heterocycles. The molecule has 1 N–H and O–H groups in total. The van der Waals surface area contributed by atoms with Crippen molar-refractivity contribution >= 4 is 5.91 Å². The Balaban J connectivity index is 1.57. The molecule has 1 aliphatic carbocycles. The van der Waals surface area contributed by atoms with Gasteiger partial charge in [-0.15, -0.1) is 0 Å². The van der Waals surface area contributed by atoms with E-state index in [2.05, 4.69) is 24.0 Å². The molecular weight excluding hydrogens is 396 g/mol. The predicted molar refractivity (Wildman–Crippen MR) is 117 cm³/mol. The Morgan fingerprint density at radius 2 is 1.94 bits per heavy atom. The summed E-state index contributed by atoms with van der Waals surface area (Å²) in [6.07, 6.45) is 5.26. The van der Waals surface area contributed by atoms with Gasteiger partial charge < -0.3 is 14.5 Å². The van der Waals surface area contributed by atoms with E-state index in [-0.39, 0.29) is 12.5 Å². The average Bonchev–Trinajstić information content (AvgIpc) is 2.88. The number of para-hydroxylation sites is 1. The third-order valence-electron chi connectivity index (χ3n) is 6.33. The van der Waals surface area contributed by atoms with E-state index >= 15 is 0 Å². The van der Waals surface area contributed by atoms with Gasteiger partial charge in [0.25, 0.3) is 5.56 Å². The number of aromatic nitrogens is 2. The molecule has 1 saturated carbocycles. The number of carbonyl (C=O) groups is 1. The van der Waals surface area contributed by atoms with Crippen molar-refractivity contribution in [3.05, 3.63) is 62.9 Å². The molecule has 0 saturated heterocycles. The van der Waals surface area contributed by atoms with E-state index in [1.165, 1.54) is 16.8 Å². The van der Waals surface area contributed by atoms with E-state index in [0.29, 0.717) is 19.0 Å². The molecule has 0 radical (unpaired) electrons. The quantitative estimate of drug-likeness (QED) is 0.800. The maximum atomic E-state index is 13.2. The molecule has 1 amide bonds. The lowest BCUT2D eigenvalue weighted by molar-refractivity contribution is -0.135. The number of fused-ring (bicyclic) bond motifs is 1. The second-order valence-electron chi connectivity index (χ2n) is 9.09. The Morgan fingerprint density at radius 1 is 1.19 bits per heavy atom. The van der Waals surface area contributed by atoms with E-state index in [0.717, 1.165) is 43.5 Å². The summed E-state index contributed by atoms with van der Waals surface area (Å²) in [5, 5.41) is 0. The topological polar surface area (TPSA) is 87.6 Å². The van der Waals surface area contributed by atoms with Gasteiger partial charge in [0.15, 0.2) is 0 Å². The Labute approximate surface area is 181 Å². The highest BCUT2D eigenvalue weighted by Crippen LogP contribution is 2.40. The van der Waals surface area contributed by atoms with Gasteiger partial charge in [-0.3, -0.25) is 19.1 Å². The minimum Gasteiger partial charge on any atom is -0.485 e. The Kier molecular flexibility index (Phi) is 6.00. The lowest BCUT2D eigenvalue weighted by atomic mass is 9.78. The summed E-state index contributed by atoms with van der Waals surface area (Å²) in [6.45, 7) is 1.88. The predicted octanol–water partition coefficient (Wildman–Crippen LogP) is 1.45. The first-order valence-electron chi connectivity index (χ1n) is 10.8. The minimum absolute atomic E-state index is 0.114. The molecule has 0 unspecified atom stereocenters. The molecule has 2 aromatic rings. The molecular formula is C23H30N4O4. The number of hydrogen-bond donors (Lipinski definition) is 1. The molecule has 1 aromatic carbocycles. The number of rotatable bonds is 4. The molecule has 0 atom stereocenters. The van der Waals surface area contributed by atoms with Crippen molar-refractivity contribution in [2.24, 2.45) is 5.92 Å². The van der Waals surface area contributed by atoms with Crippen LogP contribution in [-0.4, -0.2) is 58.0 Å². The fourth-order valence-electron chi connectivity index (χ4n) is 4.76. The van der Waals surface area contributed by atoms with Gasteiger partial charge in [-0.2, -0.15) is 0 Å². The first kappa shape index (κ1) is 21.4. The SMILES string of the molecule is CN(C)CC1CCC2(CC1)CN(C(=O)Cn1ccc(=O)[nH]c1=O)Cc1ccccc1O2. The molecule has 166 valence electrons. The van der Waals surface area contributed by atoms with E-state index < -0.39 is 16.9 Å². The molecule has 8 nitrogen and oxygen atoms in total. The summed E-state index contributed by atoms with van der Waals surface area (Å²) in [5.74, 6) is 1.31. The van der Waals surface area contributed by atoms with Gasteiger partial charge in [0.2, 0.25) is 5.91 Å². The van der Waals surface area contributed by atoms with Crippen LogP contribution in [0.4, 0.5) is 0 Å². The average molecular weight is 427 g/mol. The Hall–Kier alpha value is -2.87. The molecule has 1 fully saturated rings. The number of hydrogen-bond acceptors (Lipinski definition) is 5. The fraction of sp³-hybridized carbons (Fsp3) is 0.522. The maximum Gasteiger partial charge on any atom is 0.328 e. The molecule has 8 heteroatoms. The first-order valence-corrected chi connectivity index (χ1v) is 10.8. The second-order valence-corrected chi connectivity index (χ2v) is 9.09. The van der Waals surface area contributed by atoms with Crippen molar-refractivity contribution in [2.45, 2.75) is 44.4 Å². The summed E-state index contributed by atoms with van der Waals surface area (Å²) in [6, 6.07) is 9.12. The Bertz CT molecular complexity index is 1050. The molecule has 1 aromatic heterocycles. The van der Waals surface area contributed by atoms with Gasteiger partial charge in [-0.25, -0.2) is 4.79 Å². The summed E-state index contributed by atoms with van der Waals surface area (Å²) in [4.78, 5) is 42.8. The maximum absolute atomic E-state index is 13.2. The van der Waals surface area contributed by atoms with Crippen LogP contribution in [0.25, 0.3) is 0 Å². The lowest BCUT2D eigenvalue weighted by Crippen LogP contribution is -2.51. The van der Waals surface area contributed by atoms with Crippen LogP contribution in [0.1, 0.15) is 31.2 Å². The number of nitrogens with zero attached hydrogens (tertiary/aromatic N) is 3. The van der Waals surface area contributed by atoms with Gasteiger partial charge in [0.1, 0.15) is 17.9 Å². The molecule has 31 heavy (non-hydrogen) atoms.